The van der Waals surface area contributed by atoms with E-state index < -0.39 is 16.0 Å². The topological polar surface area (TPSA) is 97.1 Å². The molecule has 45 heavy (non-hydrogen) atoms. The van der Waals surface area contributed by atoms with E-state index in [4.69, 9.17) is 9.15 Å². The number of aryl methyl sites for hydroxylation is 3. The maximum atomic E-state index is 13.8. The van der Waals surface area contributed by atoms with Gasteiger partial charge in [-0.15, -0.1) is 0 Å². The number of methoxy groups -OCH3 is 1. The zero-order valence-electron chi connectivity index (χ0n) is 26.0. The third-order valence-electron chi connectivity index (χ3n) is 7.80. The molecule has 0 fully saturated rings. The monoisotopic (exact) mass is 624 g/mol. The van der Waals surface area contributed by atoms with E-state index in [1.807, 2.05) is 69.3 Å². The molecule has 2 heterocycles. The number of allylic oxidation sites excluding steroid dienone is 1. The van der Waals surface area contributed by atoms with Gasteiger partial charge >= 0.3 is 5.97 Å². The SMILES string of the molecule is COC(=O)C1=C(C)N(Cc2ccc(C)cc2)C(=O)/C1=C/c1ccc(CN(Cc2ccc(C)cc2)S(=O)(=O)c2ccc(C)cc2)o1. The van der Waals surface area contributed by atoms with Crippen LogP contribution >= 0.6 is 0 Å². The number of nitrogens with zero attached hydrogens (tertiary/aromatic N) is 2. The van der Waals surface area contributed by atoms with Gasteiger partial charge in [-0.3, -0.25) is 4.79 Å². The lowest BCUT2D eigenvalue weighted by Crippen LogP contribution is -2.30. The molecule has 0 atom stereocenters. The van der Waals surface area contributed by atoms with Gasteiger partial charge in [0, 0.05) is 12.2 Å². The second-order valence-corrected chi connectivity index (χ2v) is 13.2. The van der Waals surface area contributed by atoms with Crippen molar-refractivity contribution in [3.63, 3.8) is 0 Å². The number of carbonyl (C=O) groups is 2. The lowest BCUT2D eigenvalue weighted by Gasteiger charge is -2.21. The molecule has 1 amide bonds. The summed E-state index contributed by atoms with van der Waals surface area (Å²) in [7, 11) is -2.61. The first-order valence-electron chi connectivity index (χ1n) is 14.6. The highest BCUT2D eigenvalue weighted by Gasteiger charge is 2.37. The van der Waals surface area contributed by atoms with Crippen LogP contribution in [0.15, 0.2) is 111 Å². The van der Waals surface area contributed by atoms with Crippen molar-refractivity contribution in [2.45, 2.75) is 52.2 Å². The Labute approximate surface area is 264 Å². The second kappa shape index (κ2) is 13.1. The number of rotatable bonds is 10. The largest absolute Gasteiger partial charge is 0.465 e. The fourth-order valence-electron chi connectivity index (χ4n) is 5.15. The predicted octanol–water partition coefficient (Wildman–Crippen LogP) is 6.47. The van der Waals surface area contributed by atoms with Gasteiger partial charge in [0.1, 0.15) is 11.5 Å². The summed E-state index contributed by atoms with van der Waals surface area (Å²) in [5.74, 6) is -0.289. The standard InChI is InChI=1S/C36H36N2O6S/c1-24-6-12-28(13-7-24)21-37(45(41,42)32-18-10-26(3)11-19-32)23-31-17-16-30(44-31)20-33-34(36(40)43-5)27(4)38(35(33)39)22-29-14-8-25(2)9-15-29/h6-20H,21-23H2,1-5H3/b33-20+. The van der Waals surface area contributed by atoms with Crippen LogP contribution in [0.4, 0.5) is 0 Å². The van der Waals surface area contributed by atoms with Gasteiger partial charge in [0.05, 0.1) is 36.2 Å². The summed E-state index contributed by atoms with van der Waals surface area (Å²) in [5.41, 5.74) is 5.68. The maximum absolute atomic E-state index is 13.8. The average molecular weight is 625 g/mol. The predicted molar refractivity (Wildman–Crippen MR) is 172 cm³/mol. The van der Waals surface area contributed by atoms with Crippen LogP contribution in [0.25, 0.3) is 6.08 Å². The minimum Gasteiger partial charge on any atom is -0.465 e. The molecule has 0 unspecified atom stereocenters. The molecule has 0 saturated heterocycles. The van der Waals surface area contributed by atoms with Crippen molar-refractivity contribution in [2.75, 3.05) is 7.11 Å². The Bertz CT molecular complexity index is 1880. The van der Waals surface area contributed by atoms with Crippen LogP contribution in [0.2, 0.25) is 0 Å². The first kappa shape index (κ1) is 31.7. The number of furan rings is 1. The molecule has 0 bridgehead atoms. The second-order valence-electron chi connectivity index (χ2n) is 11.3. The maximum Gasteiger partial charge on any atom is 0.340 e. The highest BCUT2D eigenvalue weighted by Crippen LogP contribution is 2.33. The van der Waals surface area contributed by atoms with Gasteiger partial charge in [-0.1, -0.05) is 77.4 Å². The van der Waals surface area contributed by atoms with Crippen LogP contribution in [-0.2, 0) is 44.0 Å². The summed E-state index contributed by atoms with van der Waals surface area (Å²) in [6, 6.07) is 25.6. The van der Waals surface area contributed by atoms with E-state index in [9.17, 15) is 18.0 Å². The van der Waals surface area contributed by atoms with Gasteiger partial charge in [-0.05, 0) is 69.2 Å². The average Bonchev–Trinajstić information content (AvgIpc) is 3.56. The van der Waals surface area contributed by atoms with Crippen LogP contribution in [0.1, 0.15) is 46.3 Å². The van der Waals surface area contributed by atoms with Gasteiger partial charge in [0.2, 0.25) is 10.0 Å². The first-order valence-corrected chi connectivity index (χ1v) is 16.0. The lowest BCUT2D eigenvalue weighted by molar-refractivity contribution is -0.136. The number of amides is 1. The number of sulfonamides is 1. The summed E-state index contributed by atoms with van der Waals surface area (Å²) >= 11 is 0. The highest BCUT2D eigenvalue weighted by atomic mass is 32.2. The Balaban J connectivity index is 1.45. The van der Waals surface area contributed by atoms with Gasteiger partial charge in [-0.25, -0.2) is 13.2 Å². The van der Waals surface area contributed by atoms with E-state index in [0.717, 1.165) is 27.8 Å². The van der Waals surface area contributed by atoms with E-state index in [1.54, 1.807) is 48.2 Å². The number of hydrogen-bond donors (Lipinski definition) is 0. The van der Waals surface area contributed by atoms with E-state index in [1.165, 1.54) is 17.5 Å². The van der Waals surface area contributed by atoms with Gasteiger partial charge in [0.15, 0.2) is 0 Å². The van der Waals surface area contributed by atoms with Crippen LogP contribution in [0.5, 0.6) is 0 Å². The van der Waals surface area contributed by atoms with E-state index in [0.29, 0.717) is 17.2 Å². The summed E-state index contributed by atoms with van der Waals surface area (Å²) in [5, 5.41) is 0. The molecule has 9 heteroatoms. The molecule has 0 aliphatic carbocycles. The summed E-state index contributed by atoms with van der Waals surface area (Å²) in [4.78, 5) is 28.2. The highest BCUT2D eigenvalue weighted by molar-refractivity contribution is 7.89. The number of esters is 1. The van der Waals surface area contributed by atoms with Crippen molar-refractivity contribution in [3.05, 3.63) is 141 Å². The van der Waals surface area contributed by atoms with Gasteiger partial charge in [-0.2, -0.15) is 4.31 Å². The number of benzene rings is 3. The molecule has 5 rings (SSSR count). The lowest BCUT2D eigenvalue weighted by atomic mass is 10.1. The zero-order chi connectivity index (χ0) is 32.3. The molecule has 0 radical (unpaired) electrons. The Morgan fingerprint density at radius 3 is 1.93 bits per heavy atom. The number of carbonyl (C=O) groups excluding carboxylic acids is 2. The van der Waals surface area contributed by atoms with E-state index in [2.05, 4.69) is 0 Å². The van der Waals surface area contributed by atoms with E-state index in [-0.39, 0.29) is 41.6 Å². The van der Waals surface area contributed by atoms with Crippen molar-refractivity contribution < 1.29 is 27.2 Å². The molecule has 8 nitrogen and oxygen atoms in total. The molecule has 1 aliphatic heterocycles. The fourth-order valence-corrected chi connectivity index (χ4v) is 6.54. The number of ether oxygens (including phenoxy) is 1. The normalized spacial score (nSPS) is 14.6. The van der Waals surface area contributed by atoms with Crippen LogP contribution in [0, 0.1) is 20.8 Å². The third-order valence-corrected chi connectivity index (χ3v) is 9.61. The van der Waals surface area contributed by atoms with Gasteiger partial charge in [0.25, 0.3) is 5.91 Å². The van der Waals surface area contributed by atoms with Crippen molar-refractivity contribution in [1.82, 2.24) is 9.21 Å². The third kappa shape index (κ3) is 7.00. The minimum absolute atomic E-state index is 0.0422. The Hall–Kier alpha value is -4.73. The zero-order valence-corrected chi connectivity index (χ0v) is 26.9. The summed E-state index contributed by atoms with van der Waals surface area (Å²) in [6.45, 7) is 7.96. The molecule has 1 aliphatic rings. The van der Waals surface area contributed by atoms with Crippen molar-refractivity contribution in [2.24, 2.45) is 0 Å². The molecule has 0 N–H and O–H groups in total. The van der Waals surface area contributed by atoms with Crippen LogP contribution in [-0.4, -0.2) is 36.6 Å². The van der Waals surface area contributed by atoms with Gasteiger partial charge < -0.3 is 14.1 Å². The molecular weight excluding hydrogens is 588 g/mol. The van der Waals surface area contributed by atoms with Crippen molar-refractivity contribution >= 4 is 28.0 Å². The Kier molecular flexibility index (Phi) is 9.22. The molecular formula is C36H36N2O6S. The summed E-state index contributed by atoms with van der Waals surface area (Å²) in [6.07, 6.45) is 1.51. The number of hydrogen-bond acceptors (Lipinski definition) is 6. The van der Waals surface area contributed by atoms with Crippen molar-refractivity contribution in [3.8, 4) is 0 Å². The van der Waals surface area contributed by atoms with E-state index >= 15 is 0 Å². The molecule has 232 valence electrons. The van der Waals surface area contributed by atoms with Crippen LogP contribution in [0.3, 0.4) is 0 Å². The van der Waals surface area contributed by atoms with Crippen molar-refractivity contribution in [1.29, 1.82) is 0 Å². The molecule has 4 aromatic rings. The molecule has 0 spiro atoms. The quantitative estimate of drug-likeness (QED) is 0.148. The minimum atomic E-state index is -3.89. The molecule has 0 saturated carbocycles. The summed E-state index contributed by atoms with van der Waals surface area (Å²) < 4.78 is 40.1. The van der Waals surface area contributed by atoms with Crippen LogP contribution < -0.4 is 0 Å². The smallest absolute Gasteiger partial charge is 0.340 e. The Morgan fingerprint density at radius 2 is 1.36 bits per heavy atom. The molecule has 3 aromatic carbocycles. The first-order chi connectivity index (χ1) is 21.5. The Morgan fingerprint density at radius 1 is 0.800 bits per heavy atom. The fraction of sp³-hybridized carbons (Fsp3) is 0.222. The molecule has 1 aromatic heterocycles.